The van der Waals surface area contributed by atoms with Crippen molar-refractivity contribution in [3.63, 3.8) is 0 Å². The van der Waals surface area contributed by atoms with Crippen LogP contribution < -0.4 is 0 Å². The second-order valence-corrected chi connectivity index (χ2v) is 4.67. The highest BCUT2D eigenvalue weighted by Crippen LogP contribution is 2.24. The van der Waals surface area contributed by atoms with E-state index in [1.54, 1.807) is 0 Å². The molecule has 0 N–H and O–H groups in total. The van der Waals surface area contributed by atoms with Gasteiger partial charge in [-0.05, 0) is 47.8 Å². The quantitative estimate of drug-likeness (QED) is 0.817. The summed E-state index contributed by atoms with van der Waals surface area (Å²) < 4.78 is 3.11. The van der Waals surface area contributed by atoms with Gasteiger partial charge in [-0.25, -0.2) is 4.68 Å². The standard InChI is InChI=1S/C13H15BrN2/c1-4-11-7-5-6-8-12(11)16-10(3)13(14)9(2)15-16/h5-8H,4H2,1-3H3. The number of benzene rings is 1. The Morgan fingerprint density at radius 1 is 1.25 bits per heavy atom. The number of nitrogens with zero attached hydrogens (tertiary/aromatic N) is 2. The molecule has 0 saturated carbocycles. The zero-order chi connectivity index (χ0) is 11.7. The summed E-state index contributed by atoms with van der Waals surface area (Å²) in [6.45, 7) is 6.26. The summed E-state index contributed by atoms with van der Waals surface area (Å²) in [7, 11) is 0. The van der Waals surface area contributed by atoms with Crippen molar-refractivity contribution in [1.82, 2.24) is 9.78 Å². The molecule has 3 heteroatoms. The molecular formula is C13H15BrN2. The summed E-state index contributed by atoms with van der Waals surface area (Å²) in [4.78, 5) is 0. The van der Waals surface area contributed by atoms with E-state index >= 15 is 0 Å². The molecule has 0 unspecified atom stereocenters. The van der Waals surface area contributed by atoms with E-state index in [2.05, 4.69) is 59.1 Å². The first-order valence-electron chi connectivity index (χ1n) is 5.45. The summed E-state index contributed by atoms with van der Waals surface area (Å²) >= 11 is 3.56. The van der Waals surface area contributed by atoms with E-state index in [0.717, 1.165) is 22.3 Å². The zero-order valence-electron chi connectivity index (χ0n) is 9.79. The number of hydrogen-bond donors (Lipinski definition) is 0. The summed E-state index contributed by atoms with van der Waals surface area (Å²) in [5, 5.41) is 4.56. The maximum absolute atomic E-state index is 4.56. The Morgan fingerprint density at radius 3 is 2.50 bits per heavy atom. The number of rotatable bonds is 2. The molecule has 1 aromatic heterocycles. The minimum Gasteiger partial charge on any atom is -0.236 e. The van der Waals surface area contributed by atoms with Gasteiger partial charge in [-0.3, -0.25) is 0 Å². The van der Waals surface area contributed by atoms with E-state index in [1.807, 2.05) is 11.6 Å². The van der Waals surface area contributed by atoms with Gasteiger partial charge in [0.1, 0.15) is 0 Å². The van der Waals surface area contributed by atoms with Gasteiger partial charge in [0.05, 0.1) is 21.5 Å². The van der Waals surface area contributed by atoms with Crippen LogP contribution in [0.3, 0.4) is 0 Å². The first-order chi connectivity index (χ1) is 7.65. The Kier molecular flexibility index (Phi) is 3.15. The van der Waals surface area contributed by atoms with Crippen LogP contribution in [-0.2, 0) is 6.42 Å². The fourth-order valence-electron chi connectivity index (χ4n) is 1.87. The van der Waals surface area contributed by atoms with Crippen LogP contribution in [0.5, 0.6) is 0 Å². The lowest BCUT2D eigenvalue weighted by atomic mass is 10.1. The normalized spacial score (nSPS) is 10.8. The molecule has 0 fully saturated rings. The SMILES string of the molecule is CCc1ccccc1-n1nc(C)c(Br)c1C. The van der Waals surface area contributed by atoms with Gasteiger partial charge in [-0.2, -0.15) is 5.10 Å². The lowest BCUT2D eigenvalue weighted by Gasteiger charge is -2.09. The third-order valence-electron chi connectivity index (χ3n) is 2.80. The van der Waals surface area contributed by atoms with Crippen LogP contribution in [0.15, 0.2) is 28.7 Å². The maximum atomic E-state index is 4.56. The van der Waals surface area contributed by atoms with Gasteiger partial charge in [-0.15, -0.1) is 0 Å². The summed E-state index contributed by atoms with van der Waals surface area (Å²) in [5.74, 6) is 0. The molecule has 0 amide bonds. The average molecular weight is 279 g/mol. The Labute approximate surface area is 104 Å². The van der Waals surface area contributed by atoms with Crippen LogP contribution >= 0.6 is 15.9 Å². The van der Waals surface area contributed by atoms with Gasteiger partial charge in [-0.1, -0.05) is 25.1 Å². The first kappa shape index (κ1) is 11.4. The molecule has 0 atom stereocenters. The van der Waals surface area contributed by atoms with Crippen molar-refractivity contribution in [3.8, 4) is 5.69 Å². The molecule has 1 heterocycles. The maximum Gasteiger partial charge on any atom is 0.0743 e. The molecule has 0 aliphatic heterocycles. The summed E-state index contributed by atoms with van der Waals surface area (Å²) in [6, 6.07) is 8.40. The van der Waals surface area contributed by atoms with Crippen LogP contribution in [0.2, 0.25) is 0 Å². The van der Waals surface area contributed by atoms with Crippen molar-refractivity contribution in [2.75, 3.05) is 0 Å². The van der Waals surface area contributed by atoms with Crippen molar-refractivity contribution >= 4 is 15.9 Å². The predicted octanol–water partition coefficient (Wildman–Crippen LogP) is 3.81. The third-order valence-corrected chi connectivity index (χ3v) is 3.95. The monoisotopic (exact) mass is 278 g/mol. The van der Waals surface area contributed by atoms with Crippen molar-refractivity contribution in [2.24, 2.45) is 0 Å². The van der Waals surface area contributed by atoms with Gasteiger partial charge in [0.2, 0.25) is 0 Å². The molecule has 2 nitrogen and oxygen atoms in total. The van der Waals surface area contributed by atoms with Crippen molar-refractivity contribution in [1.29, 1.82) is 0 Å². The first-order valence-corrected chi connectivity index (χ1v) is 6.24. The molecule has 0 radical (unpaired) electrons. The predicted molar refractivity (Wildman–Crippen MR) is 70.1 cm³/mol. The number of halogens is 1. The molecule has 0 aliphatic carbocycles. The van der Waals surface area contributed by atoms with Crippen LogP contribution in [0, 0.1) is 13.8 Å². The lowest BCUT2D eigenvalue weighted by Crippen LogP contribution is -2.02. The minimum absolute atomic E-state index is 1.02. The average Bonchev–Trinajstić information content (AvgIpc) is 2.57. The molecule has 16 heavy (non-hydrogen) atoms. The Balaban J connectivity index is 2.63. The van der Waals surface area contributed by atoms with Gasteiger partial charge >= 0.3 is 0 Å². The van der Waals surface area contributed by atoms with Gasteiger partial charge in [0.15, 0.2) is 0 Å². The second-order valence-electron chi connectivity index (χ2n) is 3.88. The van der Waals surface area contributed by atoms with Gasteiger partial charge in [0.25, 0.3) is 0 Å². The van der Waals surface area contributed by atoms with Crippen LogP contribution in [-0.4, -0.2) is 9.78 Å². The van der Waals surface area contributed by atoms with E-state index in [4.69, 9.17) is 0 Å². The molecule has 0 aliphatic rings. The highest BCUT2D eigenvalue weighted by Gasteiger charge is 2.11. The molecule has 2 aromatic rings. The Morgan fingerprint density at radius 2 is 1.94 bits per heavy atom. The number of hydrogen-bond acceptors (Lipinski definition) is 1. The zero-order valence-corrected chi connectivity index (χ0v) is 11.4. The molecule has 0 bridgehead atoms. The van der Waals surface area contributed by atoms with E-state index in [9.17, 15) is 0 Å². The second kappa shape index (κ2) is 4.42. The summed E-state index contributed by atoms with van der Waals surface area (Å²) in [6.07, 6.45) is 1.02. The fourth-order valence-corrected chi connectivity index (χ4v) is 2.12. The lowest BCUT2D eigenvalue weighted by molar-refractivity contribution is 0.820. The van der Waals surface area contributed by atoms with Crippen molar-refractivity contribution in [2.45, 2.75) is 27.2 Å². The molecule has 84 valence electrons. The third kappa shape index (κ3) is 1.80. The van der Waals surface area contributed by atoms with E-state index in [-0.39, 0.29) is 0 Å². The van der Waals surface area contributed by atoms with E-state index < -0.39 is 0 Å². The summed E-state index contributed by atoms with van der Waals surface area (Å²) in [5.41, 5.74) is 4.68. The van der Waals surface area contributed by atoms with Crippen LogP contribution in [0.1, 0.15) is 23.9 Å². The Hall–Kier alpha value is -1.09. The number of aromatic nitrogens is 2. The molecular weight excluding hydrogens is 264 g/mol. The van der Waals surface area contributed by atoms with Crippen LogP contribution in [0.25, 0.3) is 5.69 Å². The Bertz CT molecular complexity index is 515. The fraction of sp³-hybridized carbons (Fsp3) is 0.308. The minimum atomic E-state index is 1.02. The van der Waals surface area contributed by atoms with E-state index in [0.29, 0.717) is 0 Å². The largest absolute Gasteiger partial charge is 0.236 e. The van der Waals surface area contributed by atoms with E-state index in [1.165, 1.54) is 11.3 Å². The number of para-hydroxylation sites is 1. The molecule has 0 saturated heterocycles. The highest BCUT2D eigenvalue weighted by molar-refractivity contribution is 9.10. The van der Waals surface area contributed by atoms with Crippen molar-refractivity contribution < 1.29 is 0 Å². The van der Waals surface area contributed by atoms with Gasteiger partial charge < -0.3 is 0 Å². The number of aryl methyl sites for hydroxylation is 2. The highest BCUT2D eigenvalue weighted by atomic mass is 79.9. The van der Waals surface area contributed by atoms with Crippen LogP contribution in [0.4, 0.5) is 0 Å². The van der Waals surface area contributed by atoms with Crippen molar-refractivity contribution in [3.05, 3.63) is 45.7 Å². The molecule has 0 spiro atoms. The molecule has 2 rings (SSSR count). The topological polar surface area (TPSA) is 17.8 Å². The smallest absolute Gasteiger partial charge is 0.0743 e. The molecule has 1 aromatic carbocycles. The van der Waals surface area contributed by atoms with Gasteiger partial charge in [0, 0.05) is 0 Å².